The van der Waals surface area contributed by atoms with Gasteiger partial charge in [-0.3, -0.25) is 0 Å². The van der Waals surface area contributed by atoms with E-state index in [1.54, 1.807) is 24.1 Å². The van der Waals surface area contributed by atoms with Crippen LogP contribution in [0.15, 0.2) is 23.3 Å². The van der Waals surface area contributed by atoms with E-state index in [0.717, 1.165) is 38.5 Å². The Morgan fingerprint density at radius 1 is 0.971 bits per heavy atom. The SMILES string of the molecule is CC1(C)OC(=O)C=CC2CC3=C(CCC21)C1(C)CCC(C2CC4CC2OC(=O)C4(C)O)C1(C)CC3. The van der Waals surface area contributed by atoms with Gasteiger partial charge in [-0.1, -0.05) is 31.1 Å². The molecule has 2 aliphatic heterocycles. The molecule has 0 radical (unpaired) electrons. The van der Waals surface area contributed by atoms with Crippen LogP contribution in [0.1, 0.15) is 92.4 Å². The molecule has 6 rings (SSSR count). The minimum absolute atomic E-state index is 0.0224. The first-order valence-corrected chi connectivity index (χ1v) is 13.9. The monoisotopic (exact) mass is 482 g/mol. The maximum Gasteiger partial charge on any atom is 0.338 e. The van der Waals surface area contributed by atoms with E-state index in [9.17, 15) is 14.7 Å². The van der Waals surface area contributed by atoms with Crippen LogP contribution in [0, 0.1) is 40.4 Å². The van der Waals surface area contributed by atoms with Crippen molar-refractivity contribution in [3.8, 4) is 0 Å². The molecule has 1 N–H and O–H groups in total. The van der Waals surface area contributed by atoms with Crippen molar-refractivity contribution in [2.75, 3.05) is 0 Å². The highest BCUT2D eigenvalue weighted by Crippen LogP contribution is 2.70. The highest BCUT2D eigenvalue weighted by molar-refractivity contribution is 5.82. The van der Waals surface area contributed by atoms with Gasteiger partial charge < -0.3 is 14.6 Å². The van der Waals surface area contributed by atoms with Crippen LogP contribution in [0.4, 0.5) is 0 Å². The highest BCUT2D eigenvalue weighted by atomic mass is 16.6. The minimum Gasteiger partial charge on any atom is -0.460 e. The van der Waals surface area contributed by atoms with Crippen molar-refractivity contribution in [3.05, 3.63) is 23.3 Å². The number of cyclic esters (lactones) is 1. The normalized spacial score (nSPS) is 50.5. The van der Waals surface area contributed by atoms with Crippen molar-refractivity contribution in [2.45, 2.75) is 110 Å². The van der Waals surface area contributed by atoms with E-state index in [4.69, 9.17) is 9.47 Å². The largest absolute Gasteiger partial charge is 0.460 e. The number of fused-ring (bicyclic) bond motifs is 5. The quantitative estimate of drug-likeness (QED) is 0.394. The average Bonchev–Trinajstić information content (AvgIpc) is 3.15. The fraction of sp³-hybridized carbons (Fsp3) is 0.800. The zero-order chi connectivity index (χ0) is 25.0. The first-order valence-electron chi connectivity index (χ1n) is 13.9. The van der Waals surface area contributed by atoms with Crippen molar-refractivity contribution in [1.29, 1.82) is 0 Å². The molecule has 0 aromatic rings. The Bertz CT molecular complexity index is 1020. The van der Waals surface area contributed by atoms with Gasteiger partial charge in [0.2, 0.25) is 0 Å². The van der Waals surface area contributed by atoms with Crippen LogP contribution >= 0.6 is 0 Å². The summed E-state index contributed by atoms with van der Waals surface area (Å²) in [6, 6.07) is 0. The average molecular weight is 483 g/mol. The Kier molecular flexibility index (Phi) is 5.06. The fourth-order valence-electron chi connectivity index (χ4n) is 9.78. The van der Waals surface area contributed by atoms with Gasteiger partial charge in [-0.25, -0.2) is 9.59 Å². The van der Waals surface area contributed by atoms with E-state index in [0.29, 0.717) is 23.7 Å². The van der Waals surface area contributed by atoms with Crippen LogP contribution in [0.25, 0.3) is 0 Å². The smallest absolute Gasteiger partial charge is 0.338 e. The van der Waals surface area contributed by atoms with E-state index >= 15 is 0 Å². The molecule has 5 heteroatoms. The maximum atomic E-state index is 12.5. The lowest BCUT2D eigenvalue weighted by Crippen LogP contribution is -2.48. The van der Waals surface area contributed by atoms with Crippen LogP contribution in [0.3, 0.4) is 0 Å². The highest BCUT2D eigenvalue weighted by Gasteiger charge is 2.64. The number of esters is 2. The predicted octanol–water partition coefficient (Wildman–Crippen LogP) is 5.51. The van der Waals surface area contributed by atoms with Crippen LogP contribution < -0.4 is 0 Å². The summed E-state index contributed by atoms with van der Waals surface area (Å²) in [5.74, 6) is 0.951. The molecule has 0 aromatic heterocycles. The van der Waals surface area contributed by atoms with E-state index in [-0.39, 0.29) is 28.8 Å². The van der Waals surface area contributed by atoms with E-state index in [2.05, 4.69) is 33.8 Å². The van der Waals surface area contributed by atoms with Crippen LogP contribution in [0.5, 0.6) is 0 Å². The zero-order valence-corrected chi connectivity index (χ0v) is 22.1. The second kappa shape index (κ2) is 7.46. The molecule has 192 valence electrons. The van der Waals surface area contributed by atoms with Gasteiger partial charge in [0.05, 0.1) is 0 Å². The number of ether oxygens (including phenoxy) is 2. The summed E-state index contributed by atoms with van der Waals surface area (Å²) in [5, 5.41) is 10.8. The molecule has 0 amide bonds. The van der Waals surface area contributed by atoms with E-state index in [1.165, 1.54) is 19.3 Å². The number of allylic oxidation sites excluding steroid dienone is 3. The molecular formula is C30H42O5. The Morgan fingerprint density at radius 3 is 2.51 bits per heavy atom. The van der Waals surface area contributed by atoms with Crippen molar-refractivity contribution in [2.24, 2.45) is 40.4 Å². The van der Waals surface area contributed by atoms with Gasteiger partial charge in [0.15, 0.2) is 5.60 Å². The van der Waals surface area contributed by atoms with Crippen molar-refractivity contribution < 1.29 is 24.2 Å². The second-order valence-corrected chi connectivity index (χ2v) is 13.8. The molecule has 9 atom stereocenters. The number of rotatable bonds is 1. The zero-order valence-electron chi connectivity index (χ0n) is 22.1. The van der Waals surface area contributed by atoms with Crippen molar-refractivity contribution in [3.63, 3.8) is 0 Å². The molecule has 6 aliphatic rings. The van der Waals surface area contributed by atoms with Crippen LogP contribution in [-0.2, 0) is 19.1 Å². The molecule has 2 heterocycles. The van der Waals surface area contributed by atoms with E-state index < -0.39 is 17.2 Å². The number of aliphatic hydroxyl groups is 1. The predicted molar refractivity (Wildman–Crippen MR) is 132 cm³/mol. The Morgan fingerprint density at radius 2 is 1.74 bits per heavy atom. The summed E-state index contributed by atoms with van der Waals surface area (Å²) in [7, 11) is 0. The summed E-state index contributed by atoms with van der Waals surface area (Å²) in [4.78, 5) is 24.7. The molecule has 1 saturated heterocycles. The minimum atomic E-state index is -1.34. The van der Waals surface area contributed by atoms with Gasteiger partial charge in [0, 0.05) is 17.9 Å². The molecular weight excluding hydrogens is 440 g/mol. The molecule has 35 heavy (non-hydrogen) atoms. The number of carbonyl (C=O) groups is 2. The number of carbonyl (C=O) groups excluding carboxylic acids is 2. The molecule has 0 spiro atoms. The summed E-state index contributed by atoms with van der Waals surface area (Å²) >= 11 is 0. The van der Waals surface area contributed by atoms with Gasteiger partial charge in [-0.2, -0.15) is 0 Å². The molecule has 3 fully saturated rings. The van der Waals surface area contributed by atoms with Gasteiger partial charge in [-0.05, 0) is 107 Å². The summed E-state index contributed by atoms with van der Waals surface area (Å²) in [5.41, 5.74) is 1.86. The van der Waals surface area contributed by atoms with E-state index in [1.807, 2.05) is 0 Å². The number of hydrogen-bond acceptors (Lipinski definition) is 5. The first-order chi connectivity index (χ1) is 16.4. The molecule has 9 unspecified atom stereocenters. The Labute approximate surface area is 209 Å². The third-order valence-corrected chi connectivity index (χ3v) is 12.0. The standard InChI is InChI=1S/C30H42O5/c1-27(2)21-7-8-22-18(14-17(21)6-9-25(31)35-27)10-12-29(4)23(11-13-28(22,29)3)20-15-19-16-24(20)34-26(32)30(19,5)33/h6,9,17,19-21,23-24,33H,7-8,10-16H2,1-5H3. The molecule has 5 nitrogen and oxygen atoms in total. The third kappa shape index (κ3) is 3.22. The molecule has 2 saturated carbocycles. The van der Waals surface area contributed by atoms with Crippen LogP contribution in [-0.4, -0.2) is 34.4 Å². The number of hydrogen-bond donors (Lipinski definition) is 1. The molecule has 4 aliphatic carbocycles. The van der Waals surface area contributed by atoms with Crippen molar-refractivity contribution >= 4 is 11.9 Å². The summed E-state index contributed by atoms with van der Waals surface area (Å²) < 4.78 is 11.7. The third-order valence-electron chi connectivity index (χ3n) is 12.0. The van der Waals surface area contributed by atoms with Gasteiger partial charge in [0.25, 0.3) is 0 Å². The van der Waals surface area contributed by atoms with Gasteiger partial charge >= 0.3 is 11.9 Å². The lowest BCUT2D eigenvalue weighted by molar-refractivity contribution is -0.184. The Balaban J connectivity index is 1.31. The summed E-state index contributed by atoms with van der Waals surface area (Å²) in [6.45, 7) is 10.9. The van der Waals surface area contributed by atoms with Crippen molar-refractivity contribution in [1.82, 2.24) is 0 Å². The maximum absolute atomic E-state index is 12.5. The van der Waals surface area contributed by atoms with Gasteiger partial charge in [0.1, 0.15) is 11.7 Å². The second-order valence-electron chi connectivity index (χ2n) is 13.8. The Hall–Kier alpha value is -1.62. The first kappa shape index (κ1) is 23.8. The van der Waals surface area contributed by atoms with Gasteiger partial charge in [-0.15, -0.1) is 0 Å². The lowest BCUT2D eigenvalue weighted by atomic mass is 9.52. The molecule has 2 bridgehead atoms. The fourth-order valence-corrected chi connectivity index (χ4v) is 9.78. The van der Waals surface area contributed by atoms with Crippen LogP contribution in [0.2, 0.25) is 0 Å². The summed E-state index contributed by atoms with van der Waals surface area (Å²) in [6.07, 6.45) is 13.3. The molecule has 0 aromatic carbocycles. The topological polar surface area (TPSA) is 72.8 Å². The lowest BCUT2D eigenvalue weighted by Gasteiger charge is -2.52.